The molecule has 6 heteroatoms. The second kappa shape index (κ2) is 7.78. The van der Waals surface area contributed by atoms with Gasteiger partial charge in [-0.3, -0.25) is 4.79 Å². The number of para-hydroxylation sites is 1. The molecule has 1 aromatic carbocycles. The fourth-order valence-electron chi connectivity index (χ4n) is 2.17. The van der Waals surface area contributed by atoms with Gasteiger partial charge >= 0.3 is 0 Å². The van der Waals surface area contributed by atoms with E-state index in [0.29, 0.717) is 19.6 Å². The molecule has 1 heterocycles. The van der Waals surface area contributed by atoms with Crippen molar-refractivity contribution in [3.63, 3.8) is 0 Å². The highest BCUT2D eigenvalue weighted by molar-refractivity contribution is 5.86. The summed E-state index contributed by atoms with van der Waals surface area (Å²) in [5.41, 5.74) is 8.01. The zero-order chi connectivity index (χ0) is 15.1. The first-order valence-corrected chi connectivity index (χ1v) is 6.99. The van der Waals surface area contributed by atoms with Crippen LogP contribution in [0.4, 0.5) is 0 Å². The lowest BCUT2D eigenvalue weighted by Gasteiger charge is -2.12. The van der Waals surface area contributed by atoms with Crippen LogP contribution in [0.2, 0.25) is 0 Å². The van der Waals surface area contributed by atoms with Gasteiger partial charge in [0.15, 0.2) is 0 Å². The minimum atomic E-state index is -0.595. The maximum Gasteiger partial charge on any atom is 0.237 e. The van der Waals surface area contributed by atoms with Crippen molar-refractivity contribution in [2.45, 2.75) is 12.5 Å². The van der Waals surface area contributed by atoms with Crippen LogP contribution >= 0.6 is 0 Å². The molecule has 6 nitrogen and oxygen atoms in total. The number of rotatable bonds is 8. The van der Waals surface area contributed by atoms with Crippen LogP contribution < -0.4 is 11.1 Å². The second-order valence-electron chi connectivity index (χ2n) is 4.80. The molecule has 21 heavy (non-hydrogen) atoms. The van der Waals surface area contributed by atoms with Crippen molar-refractivity contribution in [2.24, 2.45) is 5.73 Å². The Balaban J connectivity index is 1.83. The minimum absolute atomic E-state index is 0.0198. The lowest BCUT2D eigenvalue weighted by atomic mass is 10.1. The number of carbonyl (C=O) groups excluding carboxylic acids is 1. The lowest BCUT2D eigenvalue weighted by Crippen LogP contribution is -2.43. The van der Waals surface area contributed by atoms with Crippen molar-refractivity contribution in [3.8, 4) is 0 Å². The summed E-state index contributed by atoms with van der Waals surface area (Å²) in [6.45, 7) is 1.01. The van der Waals surface area contributed by atoms with Gasteiger partial charge in [-0.2, -0.15) is 0 Å². The zero-order valence-corrected chi connectivity index (χ0v) is 11.8. The monoisotopic (exact) mass is 291 g/mol. The van der Waals surface area contributed by atoms with Crippen LogP contribution in [0.1, 0.15) is 5.56 Å². The van der Waals surface area contributed by atoms with E-state index in [1.165, 1.54) is 0 Å². The third-order valence-electron chi connectivity index (χ3n) is 3.23. The Morgan fingerprint density at radius 3 is 3.00 bits per heavy atom. The summed E-state index contributed by atoms with van der Waals surface area (Å²) in [6.07, 6.45) is 2.37. The number of aromatic nitrogens is 1. The van der Waals surface area contributed by atoms with Gasteiger partial charge in [0.05, 0.1) is 25.9 Å². The van der Waals surface area contributed by atoms with Crippen molar-refractivity contribution >= 4 is 16.8 Å². The summed E-state index contributed by atoms with van der Waals surface area (Å²) in [5.74, 6) is -0.201. The molecule has 0 spiro atoms. The van der Waals surface area contributed by atoms with E-state index in [1.807, 2.05) is 30.5 Å². The number of aliphatic hydroxyl groups is 1. The normalized spacial score (nSPS) is 12.5. The van der Waals surface area contributed by atoms with Gasteiger partial charge in [-0.25, -0.2) is 0 Å². The second-order valence-corrected chi connectivity index (χ2v) is 4.80. The number of nitrogens with one attached hydrogen (secondary N) is 2. The van der Waals surface area contributed by atoms with Crippen LogP contribution in [0.5, 0.6) is 0 Å². The number of amides is 1. The molecule has 0 bridgehead atoms. The Morgan fingerprint density at radius 2 is 2.19 bits per heavy atom. The zero-order valence-electron chi connectivity index (χ0n) is 11.8. The largest absolute Gasteiger partial charge is 0.394 e. The summed E-state index contributed by atoms with van der Waals surface area (Å²) in [5, 5.41) is 12.4. The number of benzene rings is 1. The van der Waals surface area contributed by atoms with Gasteiger partial charge in [0.1, 0.15) is 0 Å². The standard InChI is InChI=1S/C15H21N3O3/c16-13(15(20)17-5-7-21-8-6-19)9-11-10-18-14-4-2-1-3-12(11)14/h1-4,10,13,18-19H,5-9,16H2,(H,17,20)/t13-/m1/s1. The first-order chi connectivity index (χ1) is 10.2. The number of hydrogen-bond acceptors (Lipinski definition) is 4. The highest BCUT2D eigenvalue weighted by atomic mass is 16.5. The molecule has 2 rings (SSSR count). The highest BCUT2D eigenvalue weighted by Crippen LogP contribution is 2.18. The van der Waals surface area contributed by atoms with E-state index in [9.17, 15) is 4.79 Å². The fourth-order valence-corrected chi connectivity index (χ4v) is 2.17. The Kier molecular flexibility index (Phi) is 5.74. The van der Waals surface area contributed by atoms with Crippen LogP contribution in [0.25, 0.3) is 10.9 Å². The average molecular weight is 291 g/mol. The van der Waals surface area contributed by atoms with E-state index in [0.717, 1.165) is 16.5 Å². The Hall–Kier alpha value is -1.89. The maximum atomic E-state index is 11.9. The number of carbonyl (C=O) groups is 1. The number of fused-ring (bicyclic) bond motifs is 1. The Morgan fingerprint density at radius 1 is 1.38 bits per heavy atom. The first kappa shape index (κ1) is 15.5. The van der Waals surface area contributed by atoms with Gasteiger partial charge in [-0.1, -0.05) is 18.2 Å². The van der Waals surface area contributed by atoms with Crippen molar-refractivity contribution in [1.82, 2.24) is 10.3 Å². The topological polar surface area (TPSA) is 100 Å². The van der Waals surface area contributed by atoms with E-state index in [1.54, 1.807) is 0 Å². The summed E-state index contributed by atoms with van der Waals surface area (Å²) in [7, 11) is 0. The van der Waals surface area contributed by atoms with Gasteiger partial charge < -0.3 is 25.9 Å². The SMILES string of the molecule is N[C@H](Cc1c[nH]c2ccccc12)C(=O)NCCOCCO. The van der Waals surface area contributed by atoms with Crippen LogP contribution in [0, 0.1) is 0 Å². The van der Waals surface area contributed by atoms with Crippen LogP contribution in [-0.4, -0.2) is 48.4 Å². The smallest absolute Gasteiger partial charge is 0.237 e. The molecule has 2 aromatic rings. The number of aromatic amines is 1. The Bertz CT molecular complexity index is 582. The van der Waals surface area contributed by atoms with Gasteiger partial charge in [-0.05, 0) is 18.1 Å². The van der Waals surface area contributed by atoms with Crippen molar-refractivity contribution < 1.29 is 14.6 Å². The van der Waals surface area contributed by atoms with E-state index in [2.05, 4.69) is 10.3 Å². The summed E-state index contributed by atoms with van der Waals surface area (Å²) in [6, 6.07) is 7.32. The molecule has 0 aliphatic heterocycles. The maximum absolute atomic E-state index is 11.9. The first-order valence-electron chi connectivity index (χ1n) is 6.99. The summed E-state index contributed by atoms with van der Waals surface area (Å²) >= 11 is 0. The van der Waals surface area contributed by atoms with E-state index in [4.69, 9.17) is 15.6 Å². The predicted molar refractivity (Wildman–Crippen MR) is 80.9 cm³/mol. The molecule has 0 aliphatic rings. The molecule has 0 saturated carbocycles. The average Bonchev–Trinajstić information content (AvgIpc) is 2.90. The van der Waals surface area contributed by atoms with Crippen LogP contribution in [0.15, 0.2) is 30.5 Å². The lowest BCUT2D eigenvalue weighted by molar-refractivity contribution is -0.122. The van der Waals surface area contributed by atoms with Crippen molar-refractivity contribution in [2.75, 3.05) is 26.4 Å². The number of ether oxygens (including phenoxy) is 1. The third kappa shape index (κ3) is 4.29. The molecular weight excluding hydrogens is 270 g/mol. The number of hydrogen-bond donors (Lipinski definition) is 4. The summed E-state index contributed by atoms with van der Waals surface area (Å²) in [4.78, 5) is 15.1. The highest BCUT2D eigenvalue weighted by Gasteiger charge is 2.15. The van der Waals surface area contributed by atoms with Crippen molar-refractivity contribution in [3.05, 3.63) is 36.0 Å². The molecule has 0 saturated heterocycles. The minimum Gasteiger partial charge on any atom is -0.394 e. The molecule has 0 aliphatic carbocycles. The van der Waals surface area contributed by atoms with E-state index < -0.39 is 6.04 Å². The molecule has 0 fully saturated rings. The number of H-pyrrole nitrogens is 1. The van der Waals surface area contributed by atoms with Gasteiger partial charge in [0.2, 0.25) is 5.91 Å². The van der Waals surface area contributed by atoms with E-state index in [-0.39, 0.29) is 19.1 Å². The Labute approximate surface area is 123 Å². The van der Waals surface area contributed by atoms with Crippen LogP contribution in [-0.2, 0) is 16.0 Å². The van der Waals surface area contributed by atoms with E-state index >= 15 is 0 Å². The third-order valence-corrected chi connectivity index (χ3v) is 3.23. The summed E-state index contributed by atoms with van der Waals surface area (Å²) < 4.78 is 5.07. The van der Waals surface area contributed by atoms with Crippen molar-refractivity contribution in [1.29, 1.82) is 0 Å². The number of nitrogens with two attached hydrogens (primary N) is 1. The molecule has 1 aromatic heterocycles. The van der Waals surface area contributed by atoms with Gasteiger partial charge in [-0.15, -0.1) is 0 Å². The van der Waals surface area contributed by atoms with Gasteiger partial charge in [0, 0.05) is 23.6 Å². The predicted octanol–water partition coefficient (Wildman–Crippen LogP) is 0.163. The van der Waals surface area contributed by atoms with Crippen LogP contribution in [0.3, 0.4) is 0 Å². The molecule has 1 amide bonds. The number of aliphatic hydroxyl groups excluding tert-OH is 1. The fraction of sp³-hybridized carbons (Fsp3) is 0.400. The van der Waals surface area contributed by atoms with Gasteiger partial charge in [0.25, 0.3) is 0 Å². The molecule has 5 N–H and O–H groups in total. The molecule has 0 unspecified atom stereocenters. The molecule has 1 atom stereocenters. The quantitative estimate of drug-likeness (QED) is 0.521. The molecular formula is C15H21N3O3. The molecule has 0 radical (unpaired) electrons. The molecule has 114 valence electrons.